The van der Waals surface area contributed by atoms with Crippen LogP contribution in [-0.4, -0.2) is 17.0 Å². The van der Waals surface area contributed by atoms with Crippen molar-refractivity contribution in [3.8, 4) is 0 Å². The Labute approximate surface area is 107 Å². The molecule has 1 heterocycles. The first-order valence-electron chi connectivity index (χ1n) is 4.58. The van der Waals surface area contributed by atoms with E-state index >= 15 is 0 Å². The third kappa shape index (κ3) is 2.89. The van der Waals surface area contributed by atoms with Crippen molar-refractivity contribution in [3.63, 3.8) is 0 Å². The minimum absolute atomic E-state index is 0.399. The lowest BCUT2D eigenvalue weighted by Crippen LogP contribution is -2.05. The predicted octanol–water partition coefficient (Wildman–Crippen LogP) is 4.01. The molecule has 0 saturated heterocycles. The maximum Gasteiger partial charge on any atom is 0.161 e. The largest absolute Gasteiger partial charge is 0.334 e. The lowest BCUT2D eigenvalue weighted by Gasteiger charge is -2.07. The third-order valence-electron chi connectivity index (χ3n) is 1.97. The highest BCUT2D eigenvalue weighted by Gasteiger charge is 2.14. The summed E-state index contributed by atoms with van der Waals surface area (Å²) in [7, 11) is 0. The Morgan fingerprint density at radius 2 is 2.40 bits per heavy atom. The van der Waals surface area contributed by atoms with Crippen LogP contribution in [0.1, 0.15) is 6.92 Å². The van der Waals surface area contributed by atoms with E-state index in [0.717, 1.165) is 26.1 Å². The summed E-state index contributed by atoms with van der Waals surface area (Å²) in [6.07, 6.45) is 0. The topological polar surface area (TPSA) is 24.4 Å². The van der Waals surface area contributed by atoms with E-state index in [1.54, 1.807) is 11.8 Å². The molecule has 15 heavy (non-hydrogen) atoms. The van der Waals surface area contributed by atoms with Crippen LogP contribution in [0.25, 0.3) is 0 Å². The smallest absolute Gasteiger partial charge is 0.161 e. The van der Waals surface area contributed by atoms with E-state index in [-0.39, 0.29) is 0 Å². The third-order valence-corrected chi connectivity index (χ3v) is 4.03. The van der Waals surface area contributed by atoms with E-state index in [9.17, 15) is 0 Å². The maximum atomic E-state index is 5.92. The van der Waals surface area contributed by atoms with Crippen LogP contribution in [0.3, 0.4) is 0 Å². The zero-order chi connectivity index (χ0) is 10.8. The monoisotopic (exact) mass is 304 g/mol. The van der Waals surface area contributed by atoms with Gasteiger partial charge in [-0.25, -0.2) is 0 Å². The zero-order valence-electron chi connectivity index (χ0n) is 8.13. The summed E-state index contributed by atoms with van der Waals surface area (Å²) < 4.78 is 0.995. The Hall–Kier alpha value is -0.190. The maximum absolute atomic E-state index is 5.92. The highest BCUT2D eigenvalue weighted by atomic mass is 79.9. The van der Waals surface area contributed by atoms with Crippen LogP contribution in [0.15, 0.2) is 27.7 Å². The average Bonchev–Trinajstić information content (AvgIpc) is 2.58. The summed E-state index contributed by atoms with van der Waals surface area (Å²) in [5.41, 5.74) is 0.961. The molecular formula is C10H10BrClN2S. The fourth-order valence-electron chi connectivity index (χ4n) is 1.25. The molecule has 0 fully saturated rings. The van der Waals surface area contributed by atoms with E-state index in [1.807, 2.05) is 18.2 Å². The van der Waals surface area contributed by atoms with Gasteiger partial charge in [-0.2, -0.15) is 0 Å². The molecule has 1 aromatic rings. The van der Waals surface area contributed by atoms with Crippen LogP contribution < -0.4 is 5.32 Å². The van der Waals surface area contributed by atoms with Crippen molar-refractivity contribution in [1.82, 2.24) is 0 Å². The molecule has 1 unspecified atom stereocenters. The first kappa shape index (κ1) is 11.3. The molecule has 0 bridgehead atoms. The van der Waals surface area contributed by atoms with Crippen molar-refractivity contribution in [2.45, 2.75) is 13.0 Å². The normalized spacial score (nSPS) is 20.2. The summed E-state index contributed by atoms with van der Waals surface area (Å²) in [5, 5.41) is 4.95. The molecule has 0 radical (unpaired) electrons. The molecule has 1 aliphatic heterocycles. The molecule has 80 valence electrons. The van der Waals surface area contributed by atoms with Gasteiger partial charge in [-0.1, -0.05) is 23.4 Å². The van der Waals surface area contributed by atoms with E-state index in [4.69, 9.17) is 11.6 Å². The standard InChI is InChI=1S/C10H10BrClN2S/c1-6-5-15-10(13-6)14-9-4-7(12)2-3-8(9)11/h2-4,6H,5H2,1H3,(H,13,14). The Morgan fingerprint density at radius 1 is 1.60 bits per heavy atom. The first-order valence-corrected chi connectivity index (χ1v) is 6.73. The average molecular weight is 306 g/mol. The Morgan fingerprint density at radius 3 is 3.07 bits per heavy atom. The van der Waals surface area contributed by atoms with Crippen molar-refractivity contribution < 1.29 is 0 Å². The van der Waals surface area contributed by atoms with Gasteiger partial charge < -0.3 is 5.32 Å². The number of halogens is 2. The van der Waals surface area contributed by atoms with Crippen LogP contribution in [0.4, 0.5) is 5.69 Å². The van der Waals surface area contributed by atoms with E-state index in [2.05, 4.69) is 33.2 Å². The molecule has 0 saturated carbocycles. The van der Waals surface area contributed by atoms with Crippen molar-refractivity contribution in [2.75, 3.05) is 11.1 Å². The number of hydrogen-bond donors (Lipinski definition) is 1. The predicted molar refractivity (Wildman–Crippen MR) is 72.1 cm³/mol. The van der Waals surface area contributed by atoms with Crippen LogP contribution in [0.5, 0.6) is 0 Å². The molecule has 1 aromatic carbocycles. The van der Waals surface area contributed by atoms with E-state index in [1.165, 1.54) is 0 Å². The van der Waals surface area contributed by atoms with Gasteiger partial charge in [-0.3, -0.25) is 4.99 Å². The minimum atomic E-state index is 0.399. The number of rotatable bonds is 1. The van der Waals surface area contributed by atoms with Gasteiger partial charge in [-0.15, -0.1) is 0 Å². The zero-order valence-corrected chi connectivity index (χ0v) is 11.3. The van der Waals surface area contributed by atoms with Gasteiger partial charge >= 0.3 is 0 Å². The number of anilines is 1. The van der Waals surface area contributed by atoms with Gasteiger partial charge in [0.1, 0.15) is 0 Å². The van der Waals surface area contributed by atoms with Crippen LogP contribution >= 0.6 is 39.3 Å². The van der Waals surface area contributed by atoms with E-state index in [0.29, 0.717) is 6.04 Å². The number of nitrogens with zero attached hydrogens (tertiary/aromatic N) is 1. The summed E-state index contributed by atoms with van der Waals surface area (Å²) in [5.74, 6) is 1.04. The van der Waals surface area contributed by atoms with Crippen molar-refractivity contribution in [1.29, 1.82) is 0 Å². The lowest BCUT2D eigenvalue weighted by atomic mass is 10.3. The number of nitrogens with one attached hydrogen (secondary N) is 1. The Balaban J connectivity index is 2.17. The lowest BCUT2D eigenvalue weighted by molar-refractivity contribution is 0.865. The van der Waals surface area contributed by atoms with Crippen molar-refractivity contribution >= 4 is 50.1 Å². The molecular weight excluding hydrogens is 296 g/mol. The first-order chi connectivity index (χ1) is 7.15. The van der Waals surface area contributed by atoms with Gasteiger partial charge in [0, 0.05) is 15.2 Å². The Bertz CT molecular complexity index is 408. The quantitative estimate of drug-likeness (QED) is 0.848. The highest BCUT2D eigenvalue weighted by Crippen LogP contribution is 2.28. The summed E-state index contributed by atoms with van der Waals surface area (Å²) in [4.78, 5) is 4.46. The molecule has 5 heteroatoms. The molecule has 2 rings (SSSR count). The minimum Gasteiger partial charge on any atom is -0.334 e. The molecule has 1 atom stereocenters. The number of amidine groups is 1. The molecule has 0 amide bonds. The fourth-order valence-corrected chi connectivity index (χ4v) is 2.68. The summed E-state index contributed by atoms with van der Waals surface area (Å²) >= 11 is 11.1. The molecule has 2 nitrogen and oxygen atoms in total. The summed E-state index contributed by atoms with van der Waals surface area (Å²) in [6.45, 7) is 2.11. The van der Waals surface area contributed by atoms with Crippen molar-refractivity contribution in [2.24, 2.45) is 4.99 Å². The second-order valence-corrected chi connectivity index (χ2v) is 5.64. The fraction of sp³-hybridized carbons (Fsp3) is 0.300. The Kier molecular flexibility index (Phi) is 3.59. The number of hydrogen-bond acceptors (Lipinski definition) is 3. The second-order valence-electron chi connectivity index (χ2n) is 3.34. The van der Waals surface area contributed by atoms with Crippen LogP contribution in [0.2, 0.25) is 5.02 Å². The van der Waals surface area contributed by atoms with Gasteiger partial charge in [0.2, 0.25) is 0 Å². The van der Waals surface area contributed by atoms with Crippen LogP contribution in [-0.2, 0) is 0 Å². The highest BCUT2D eigenvalue weighted by molar-refractivity contribution is 9.10. The number of benzene rings is 1. The van der Waals surface area contributed by atoms with Crippen molar-refractivity contribution in [3.05, 3.63) is 27.7 Å². The second kappa shape index (κ2) is 4.76. The summed E-state index contributed by atoms with van der Waals surface area (Å²) in [6, 6.07) is 6.06. The molecule has 1 N–H and O–H groups in total. The van der Waals surface area contributed by atoms with Crippen LogP contribution in [0, 0.1) is 0 Å². The number of aliphatic imine (C=N–C) groups is 1. The molecule has 0 aromatic heterocycles. The SMILES string of the molecule is CC1CSC(Nc2cc(Cl)ccc2Br)=N1. The van der Waals surface area contributed by atoms with Gasteiger partial charge in [0.25, 0.3) is 0 Å². The molecule has 0 aliphatic carbocycles. The molecule has 1 aliphatic rings. The van der Waals surface area contributed by atoms with E-state index < -0.39 is 0 Å². The van der Waals surface area contributed by atoms with Gasteiger partial charge in [0.05, 0.1) is 11.7 Å². The number of thioether (sulfide) groups is 1. The van der Waals surface area contributed by atoms with Gasteiger partial charge in [-0.05, 0) is 41.1 Å². The molecule has 0 spiro atoms. The van der Waals surface area contributed by atoms with Gasteiger partial charge in [0.15, 0.2) is 5.17 Å².